The first-order chi connectivity index (χ1) is 16.1. The summed E-state index contributed by atoms with van der Waals surface area (Å²) in [6.07, 6.45) is -0.513. The lowest BCUT2D eigenvalue weighted by Crippen LogP contribution is -2.50. The molecule has 0 fully saturated rings. The van der Waals surface area contributed by atoms with E-state index in [4.69, 9.17) is 17.4 Å². The maximum atomic E-state index is 12.9. The lowest BCUT2D eigenvalue weighted by atomic mass is 10.1. The molecule has 3 rings (SSSR count). The fourth-order valence-corrected chi connectivity index (χ4v) is 4.07. The summed E-state index contributed by atoms with van der Waals surface area (Å²) in [7, 11) is 1.51. The van der Waals surface area contributed by atoms with Crippen molar-refractivity contribution in [3.63, 3.8) is 0 Å². The molecule has 1 aromatic heterocycles. The minimum Gasteiger partial charge on any atom is -0.508 e. The maximum Gasteiger partial charge on any atom is 0.328 e. The van der Waals surface area contributed by atoms with Crippen LogP contribution in [0.1, 0.15) is 36.8 Å². The second-order valence-corrected chi connectivity index (χ2v) is 8.60. The van der Waals surface area contributed by atoms with Crippen molar-refractivity contribution in [2.45, 2.75) is 12.5 Å². The topological polar surface area (TPSA) is 141 Å². The smallest absolute Gasteiger partial charge is 0.328 e. The van der Waals surface area contributed by atoms with Crippen LogP contribution in [0.25, 0.3) is 0 Å². The van der Waals surface area contributed by atoms with E-state index in [9.17, 15) is 29.4 Å². The summed E-state index contributed by atoms with van der Waals surface area (Å²) in [6.45, 7) is 0. The number of carbonyl (C=O) groups excluding carboxylic acids is 3. The van der Waals surface area contributed by atoms with Crippen molar-refractivity contribution in [2.24, 2.45) is 5.84 Å². The number of hydrogen-bond acceptors (Lipinski definition) is 7. The first-order valence-corrected chi connectivity index (χ1v) is 11.1. The van der Waals surface area contributed by atoms with Crippen LogP contribution in [0.4, 0.5) is 5.69 Å². The van der Waals surface area contributed by atoms with Crippen LogP contribution in [0, 0.1) is 0 Å². The predicted molar refractivity (Wildman–Crippen MR) is 127 cm³/mol. The van der Waals surface area contributed by atoms with Crippen molar-refractivity contribution in [1.29, 1.82) is 0 Å². The molecule has 2 aromatic carbocycles. The van der Waals surface area contributed by atoms with Gasteiger partial charge in [0.15, 0.2) is 11.8 Å². The Morgan fingerprint density at radius 1 is 1.06 bits per heavy atom. The fraction of sp³-hybridized carbons (Fsp3) is 0.130. The van der Waals surface area contributed by atoms with Crippen LogP contribution in [-0.2, 0) is 4.79 Å². The van der Waals surface area contributed by atoms with Crippen molar-refractivity contribution in [3.8, 4) is 5.75 Å². The second-order valence-electron chi connectivity index (χ2n) is 7.25. The van der Waals surface area contributed by atoms with Gasteiger partial charge in [-0.2, -0.15) is 0 Å². The van der Waals surface area contributed by atoms with Gasteiger partial charge in [0, 0.05) is 30.8 Å². The third kappa shape index (κ3) is 5.42. The molecule has 0 radical (unpaired) electrons. The minimum absolute atomic E-state index is 0.00953. The summed E-state index contributed by atoms with van der Waals surface area (Å²) in [5, 5.41) is 21.2. The van der Waals surface area contributed by atoms with Gasteiger partial charge >= 0.3 is 5.97 Å². The number of phenolic OH excluding ortho intramolecular Hbond substituents is 1. The van der Waals surface area contributed by atoms with Crippen molar-refractivity contribution in [3.05, 3.63) is 81.0 Å². The van der Waals surface area contributed by atoms with E-state index in [1.807, 2.05) is 0 Å². The lowest BCUT2D eigenvalue weighted by molar-refractivity contribution is -0.142. The molecule has 9 nitrogen and oxygen atoms in total. The highest BCUT2D eigenvalue weighted by atomic mass is 35.5. The molecule has 0 aliphatic carbocycles. The van der Waals surface area contributed by atoms with Crippen molar-refractivity contribution in [1.82, 2.24) is 5.01 Å². The number of aliphatic carboxylic acids is 1. The van der Waals surface area contributed by atoms with Crippen LogP contribution < -0.4 is 10.7 Å². The van der Waals surface area contributed by atoms with E-state index < -0.39 is 36.0 Å². The Bertz CT molecular complexity index is 1250. The van der Waals surface area contributed by atoms with E-state index in [1.165, 1.54) is 42.3 Å². The SMILES string of the molecule is CN(C(=O)c1ccc(C(=O)N(N)[C@@H](CC(=O)c2cccs2)C(=O)O)c(Cl)c1)c1cccc(O)c1. The van der Waals surface area contributed by atoms with Crippen molar-refractivity contribution >= 4 is 52.2 Å². The Morgan fingerprint density at radius 2 is 1.79 bits per heavy atom. The molecular formula is C23H20ClN3O6S. The molecule has 11 heteroatoms. The zero-order valence-corrected chi connectivity index (χ0v) is 19.4. The Balaban J connectivity index is 1.79. The number of ketones is 1. The van der Waals surface area contributed by atoms with Crippen LogP contribution in [0.15, 0.2) is 60.0 Å². The number of carbonyl (C=O) groups is 4. The number of carboxylic acid groups (broad SMARTS) is 1. The molecule has 0 spiro atoms. The van der Waals surface area contributed by atoms with E-state index >= 15 is 0 Å². The molecule has 0 aliphatic heterocycles. The summed E-state index contributed by atoms with van der Waals surface area (Å²) in [5.41, 5.74) is 0.461. The Morgan fingerprint density at radius 3 is 2.38 bits per heavy atom. The number of phenols is 1. The number of nitrogens with two attached hydrogens (primary N) is 1. The van der Waals surface area contributed by atoms with Gasteiger partial charge in [-0.3, -0.25) is 19.4 Å². The third-order valence-corrected chi connectivity index (χ3v) is 6.22. The molecule has 4 N–H and O–H groups in total. The Labute approximate surface area is 203 Å². The number of nitrogens with zero attached hydrogens (tertiary/aromatic N) is 2. The summed E-state index contributed by atoms with van der Waals surface area (Å²) >= 11 is 7.38. The van der Waals surface area contributed by atoms with E-state index in [2.05, 4.69) is 0 Å². The number of aromatic hydroxyl groups is 1. The number of benzene rings is 2. The number of carboxylic acids is 1. The minimum atomic E-state index is -1.61. The van der Waals surface area contributed by atoms with E-state index in [1.54, 1.807) is 29.6 Å². The van der Waals surface area contributed by atoms with Gasteiger partial charge < -0.3 is 15.1 Å². The number of thiophene rings is 1. The van der Waals surface area contributed by atoms with Crippen molar-refractivity contribution < 1.29 is 29.4 Å². The number of hydrazine groups is 1. The maximum absolute atomic E-state index is 12.9. The predicted octanol–water partition coefficient (Wildman–Crippen LogP) is 3.43. The number of hydrogen-bond donors (Lipinski definition) is 3. The lowest BCUT2D eigenvalue weighted by Gasteiger charge is -2.24. The Kier molecular flexibility index (Phi) is 7.67. The molecule has 2 amide bonds. The molecule has 0 saturated heterocycles. The van der Waals surface area contributed by atoms with Gasteiger partial charge in [-0.25, -0.2) is 10.6 Å². The molecule has 0 unspecified atom stereocenters. The molecule has 3 aromatic rings. The molecular weight excluding hydrogens is 482 g/mol. The van der Waals surface area contributed by atoms with Gasteiger partial charge in [0.1, 0.15) is 5.75 Å². The van der Waals surface area contributed by atoms with Crippen LogP contribution in [0.2, 0.25) is 5.02 Å². The van der Waals surface area contributed by atoms with Crippen LogP contribution >= 0.6 is 22.9 Å². The third-order valence-electron chi connectivity index (χ3n) is 5.00. The standard InChI is InChI=1S/C23H20ClN3O6S/c1-26(14-4-2-5-15(28)11-14)21(30)13-7-8-16(17(24)10-13)22(31)27(25)18(23(32)33)12-19(29)20-6-3-9-34-20/h2-11,18,28H,12,25H2,1H3,(H,32,33)/t18-/m0/s1. The number of anilines is 1. The van der Waals surface area contributed by atoms with E-state index in [0.717, 1.165) is 11.3 Å². The van der Waals surface area contributed by atoms with Gasteiger partial charge in [-0.1, -0.05) is 23.7 Å². The molecule has 1 atom stereocenters. The number of amides is 2. The largest absolute Gasteiger partial charge is 0.508 e. The average Bonchev–Trinajstić information content (AvgIpc) is 3.35. The monoisotopic (exact) mass is 501 g/mol. The highest BCUT2D eigenvalue weighted by Crippen LogP contribution is 2.24. The fourth-order valence-electron chi connectivity index (χ4n) is 3.13. The Hall–Kier alpha value is -3.73. The van der Waals surface area contributed by atoms with Crippen LogP contribution in [0.3, 0.4) is 0 Å². The summed E-state index contributed by atoms with van der Waals surface area (Å²) in [6, 6.07) is 11.6. The van der Waals surface area contributed by atoms with Crippen molar-refractivity contribution in [2.75, 3.05) is 11.9 Å². The average molecular weight is 502 g/mol. The molecule has 34 heavy (non-hydrogen) atoms. The summed E-state index contributed by atoms with van der Waals surface area (Å²) in [4.78, 5) is 51.4. The van der Waals surface area contributed by atoms with Gasteiger partial charge in [0.25, 0.3) is 11.8 Å². The summed E-state index contributed by atoms with van der Waals surface area (Å²) in [5.74, 6) is 2.50. The molecule has 0 aliphatic rings. The number of halogens is 1. The van der Waals surface area contributed by atoms with E-state index in [-0.39, 0.29) is 21.9 Å². The molecule has 176 valence electrons. The number of Topliss-reactive ketones (excluding diaryl/α,β-unsaturated/α-hetero) is 1. The normalized spacial score (nSPS) is 11.5. The number of rotatable bonds is 8. The van der Waals surface area contributed by atoms with Gasteiger partial charge in [0.2, 0.25) is 0 Å². The zero-order chi connectivity index (χ0) is 25.0. The quantitative estimate of drug-likeness (QED) is 0.186. The molecule has 0 bridgehead atoms. The van der Waals surface area contributed by atoms with Gasteiger partial charge in [-0.15, -0.1) is 11.3 Å². The first kappa shape index (κ1) is 24.9. The van der Waals surface area contributed by atoms with Crippen LogP contribution in [-0.4, -0.2) is 51.9 Å². The highest BCUT2D eigenvalue weighted by molar-refractivity contribution is 7.12. The van der Waals surface area contributed by atoms with E-state index in [0.29, 0.717) is 15.6 Å². The second kappa shape index (κ2) is 10.5. The van der Waals surface area contributed by atoms with Gasteiger partial charge in [0.05, 0.1) is 15.5 Å². The molecule has 1 heterocycles. The zero-order valence-electron chi connectivity index (χ0n) is 17.8. The first-order valence-electron chi connectivity index (χ1n) is 9.84. The molecule has 0 saturated carbocycles. The summed E-state index contributed by atoms with van der Waals surface area (Å²) < 4.78 is 0. The highest BCUT2D eigenvalue weighted by Gasteiger charge is 2.32. The van der Waals surface area contributed by atoms with Crippen LogP contribution in [0.5, 0.6) is 5.75 Å². The van der Waals surface area contributed by atoms with Gasteiger partial charge in [-0.05, 0) is 41.8 Å².